The molecule has 0 spiro atoms. The highest BCUT2D eigenvalue weighted by Gasteiger charge is 2.40. The molecule has 1 unspecified atom stereocenters. The zero-order valence-corrected chi connectivity index (χ0v) is 15.0. The molecule has 1 fully saturated rings. The molecule has 0 saturated heterocycles. The Balaban J connectivity index is 2.56. The highest BCUT2D eigenvalue weighted by Crippen LogP contribution is 2.39. The minimum Gasteiger partial charge on any atom is -0.388 e. The van der Waals surface area contributed by atoms with Gasteiger partial charge in [-0.25, -0.2) is 13.1 Å². The fourth-order valence-electron chi connectivity index (χ4n) is 2.22. The molecule has 1 aliphatic rings. The van der Waals surface area contributed by atoms with Gasteiger partial charge in [0, 0.05) is 6.04 Å². The molecule has 0 radical (unpaired) electrons. The zero-order valence-electron chi connectivity index (χ0n) is 11.9. The summed E-state index contributed by atoms with van der Waals surface area (Å²) >= 11 is 17.1. The number of hydrogen-bond donors (Lipinski definition) is 2. The van der Waals surface area contributed by atoms with Crippen LogP contribution in [-0.4, -0.2) is 34.2 Å². The van der Waals surface area contributed by atoms with Crippen molar-refractivity contribution in [1.82, 2.24) is 4.72 Å². The van der Waals surface area contributed by atoms with Crippen molar-refractivity contribution in [2.24, 2.45) is 5.92 Å². The van der Waals surface area contributed by atoms with Gasteiger partial charge in [0.2, 0.25) is 13.8 Å². The predicted octanol–water partition coefficient (Wildman–Crippen LogP) is 2.99. The van der Waals surface area contributed by atoms with Crippen LogP contribution in [0.1, 0.15) is 46.5 Å². The van der Waals surface area contributed by atoms with Gasteiger partial charge in [-0.1, -0.05) is 34.8 Å². The number of nitrogens with one attached hydrogen (secondary N) is 1. The topological polar surface area (TPSA) is 66.4 Å². The number of hydrogen-bond acceptors (Lipinski definition) is 3. The van der Waals surface area contributed by atoms with E-state index in [-0.39, 0.29) is 12.0 Å². The van der Waals surface area contributed by atoms with Gasteiger partial charge in [0.1, 0.15) is 6.10 Å². The van der Waals surface area contributed by atoms with Crippen LogP contribution >= 0.6 is 34.8 Å². The molecule has 1 saturated carbocycles. The summed E-state index contributed by atoms with van der Waals surface area (Å²) in [6.07, 6.45) is 1.52. The Hall–Kier alpha value is 0.740. The lowest BCUT2D eigenvalue weighted by Gasteiger charge is -2.35. The average molecular weight is 367 g/mol. The van der Waals surface area contributed by atoms with Crippen LogP contribution in [-0.2, 0) is 10.0 Å². The SMILES string of the molecule is CC(C)(C)S(=O)(=O)N[C@H]1CC[C@H](C(O)C(Cl)(Cl)Cl)CC1. The Labute approximate surface area is 136 Å². The van der Waals surface area contributed by atoms with Crippen molar-refractivity contribution in [2.75, 3.05) is 0 Å². The van der Waals surface area contributed by atoms with E-state index in [1.807, 2.05) is 0 Å². The molecule has 20 heavy (non-hydrogen) atoms. The molecule has 0 aromatic rings. The van der Waals surface area contributed by atoms with Gasteiger partial charge in [-0.3, -0.25) is 0 Å². The number of aliphatic hydroxyl groups is 1. The van der Waals surface area contributed by atoms with E-state index in [1.165, 1.54) is 0 Å². The summed E-state index contributed by atoms with van der Waals surface area (Å²) in [4.78, 5) is 0. The Bertz CT molecular complexity index is 420. The highest BCUT2D eigenvalue weighted by molar-refractivity contribution is 7.90. The number of sulfonamides is 1. The molecule has 2 N–H and O–H groups in total. The first kappa shape index (κ1) is 18.8. The second-order valence-electron chi connectivity index (χ2n) is 6.33. The molecule has 0 aromatic heterocycles. The Morgan fingerprint density at radius 1 is 1.10 bits per heavy atom. The van der Waals surface area contributed by atoms with Crippen molar-refractivity contribution in [3.63, 3.8) is 0 Å². The maximum atomic E-state index is 12.1. The first-order chi connectivity index (χ1) is 8.84. The lowest BCUT2D eigenvalue weighted by Crippen LogP contribution is -2.47. The van der Waals surface area contributed by atoms with Crippen LogP contribution in [0.2, 0.25) is 0 Å². The first-order valence-corrected chi connectivity index (χ1v) is 9.23. The standard InChI is InChI=1S/C12H22Cl3NO3S/c1-11(2,3)20(18,19)16-9-6-4-8(5-7-9)10(17)12(13,14)15/h8-10,16-17H,4-7H2,1-3H3/t8-,9-,10?. The van der Waals surface area contributed by atoms with Crippen LogP contribution in [0.4, 0.5) is 0 Å². The number of halogens is 3. The zero-order chi connectivity index (χ0) is 15.8. The summed E-state index contributed by atoms with van der Waals surface area (Å²) in [5.41, 5.74) is 0. The number of aliphatic hydroxyl groups excluding tert-OH is 1. The van der Waals surface area contributed by atoms with Gasteiger partial charge in [-0.05, 0) is 52.4 Å². The van der Waals surface area contributed by atoms with E-state index >= 15 is 0 Å². The van der Waals surface area contributed by atoms with Crippen molar-refractivity contribution < 1.29 is 13.5 Å². The smallest absolute Gasteiger partial charge is 0.216 e. The second kappa shape index (κ2) is 6.47. The molecular formula is C12H22Cl3NO3S. The normalized spacial score (nSPS) is 27.4. The van der Waals surface area contributed by atoms with Crippen LogP contribution in [0.25, 0.3) is 0 Å². The third kappa shape index (κ3) is 4.89. The summed E-state index contributed by atoms with van der Waals surface area (Å²) in [6, 6.07) is -0.113. The molecule has 4 nitrogen and oxygen atoms in total. The summed E-state index contributed by atoms with van der Waals surface area (Å²) in [5.74, 6) is -0.113. The Kier molecular flexibility index (Phi) is 6.08. The Morgan fingerprint density at radius 2 is 1.55 bits per heavy atom. The Morgan fingerprint density at radius 3 is 1.90 bits per heavy atom. The molecule has 0 aliphatic heterocycles. The predicted molar refractivity (Wildman–Crippen MR) is 83.9 cm³/mol. The summed E-state index contributed by atoms with van der Waals surface area (Å²) in [5, 5.41) is 9.92. The maximum absolute atomic E-state index is 12.1. The monoisotopic (exact) mass is 365 g/mol. The van der Waals surface area contributed by atoms with E-state index in [9.17, 15) is 13.5 Å². The molecule has 0 amide bonds. The largest absolute Gasteiger partial charge is 0.388 e. The fourth-order valence-corrected chi connectivity index (χ4v) is 3.78. The maximum Gasteiger partial charge on any atom is 0.216 e. The molecule has 1 atom stereocenters. The molecule has 8 heteroatoms. The van der Waals surface area contributed by atoms with Crippen molar-refractivity contribution in [2.45, 2.75) is 67.1 Å². The summed E-state index contributed by atoms with van der Waals surface area (Å²) in [7, 11) is -3.35. The molecule has 0 heterocycles. The van der Waals surface area contributed by atoms with Gasteiger partial charge < -0.3 is 5.11 Å². The lowest BCUT2D eigenvalue weighted by atomic mass is 9.83. The van der Waals surface area contributed by atoms with E-state index in [1.54, 1.807) is 20.8 Å². The third-order valence-electron chi connectivity index (χ3n) is 3.68. The van der Waals surface area contributed by atoms with E-state index in [2.05, 4.69) is 4.72 Å². The highest BCUT2D eigenvalue weighted by atomic mass is 35.6. The van der Waals surface area contributed by atoms with Crippen LogP contribution in [0.5, 0.6) is 0 Å². The third-order valence-corrected chi connectivity index (χ3v) is 6.61. The molecule has 0 aromatic carbocycles. The minimum absolute atomic E-state index is 0.113. The van der Waals surface area contributed by atoms with Crippen LogP contribution in [0, 0.1) is 5.92 Å². The van der Waals surface area contributed by atoms with Gasteiger partial charge in [-0.15, -0.1) is 0 Å². The van der Waals surface area contributed by atoms with Crippen molar-refractivity contribution >= 4 is 44.8 Å². The molecule has 0 bridgehead atoms. The quantitative estimate of drug-likeness (QED) is 0.755. The number of alkyl halides is 3. The summed E-state index contributed by atoms with van der Waals surface area (Å²) in [6.45, 7) is 4.98. The van der Waals surface area contributed by atoms with Crippen LogP contribution in [0.3, 0.4) is 0 Å². The van der Waals surface area contributed by atoms with Gasteiger partial charge in [-0.2, -0.15) is 0 Å². The van der Waals surface area contributed by atoms with Gasteiger partial charge in [0.25, 0.3) is 0 Å². The molecule has 1 rings (SSSR count). The molecule has 1 aliphatic carbocycles. The van der Waals surface area contributed by atoms with E-state index < -0.39 is 24.7 Å². The van der Waals surface area contributed by atoms with Crippen molar-refractivity contribution in [1.29, 1.82) is 0 Å². The van der Waals surface area contributed by atoms with E-state index in [0.29, 0.717) is 25.7 Å². The van der Waals surface area contributed by atoms with E-state index in [4.69, 9.17) is 34.8 Å². The summed E-state index contributed by atoms with van der Waals surface area (Å²) < 4.78 is 24.3. The van der Waals surface area contributed by atoms with Gasteiger partial charge in [0.05, 0.1) is 4.75 Å². The molecule has 120 valence electrons. The minimum atomic E-state index is -3.35. The van der Waals surface area contributed by atoms with Gasteiger partial charge >= 0.3 is 0 Å². The second-order valence-corrected chi connectivity index (χ2v) is 11.2. The van der Waals surface area contributed by atoms with Crippen LogP contribution < -0.4 is 4.72 Å². The van der Waals surface area contributed by atoms with E-state index in [0.717, 1.165) is 0 Å². The van der Waals surface area contributed by atoms with Crippen molar-refractivity contribution in [3.8, 4) is 0 Å². The van der Waals surface area contributed by atoms with Crippen LogP contribution in [0.15, 0.2) is 0 Å². The first-order valence-electron chi connectivity index (χ1n) is 6.61. The van der Waals surface area contributed by atoms with Crippen molar-refractivity contribution in [3.05, 3.63) is 0 Å². The number of rotatable bonds is 3. The lowest BCUT2D eigenvalue weighted by molar-refractivity contribution is 0.0833. The van der Waals surface area contributed by atoms with Gasteiger partial charge in [0.15, 0.2) is 0 Å². The molecular weight excluding hydrogens is 345 g/mol. The average Bonchev–Trinajstić information content (AvgIpc) is 2.26. The fraction of sp³-hybridized carbons (Fsp3) is 1.00.